The molecule has 3 nitrogen and oxygen atoms in total. The van der Waals surface area contributed by atoms with Gasteiger partial charge in [0.15, 0.2) is 0 Å². The molecule has 1 atom stereocenters. The van der Waals surface area contributed by atoms with Gasteiger partial charge in [-0.25, -0.2) is 0 Å². The summed E-state index contributed by atoms with van der Waals surface area (Å²) in [6.45, 7) is 2.95. The van der Waals surface area contributed by atoms with Gasteiger partial charge in [-0.2, -0.15) is 0 Å². The molecular weight excluding hydrogens is 222 g/mol. The van der Waals surface area contributed by atoms with E-state index in [-0.39, 0.29) is 0 Å². The van der Waals surface area contributed by atoms with Crippen LogP contribution in [0.2, 0.25) is 0 Å². The molecule has 0 aliphatic carbocycles. The van der Waals surface area contributed by atoms with Gasteiger partial charge in [-0.1, -0.05) is 12.1 Å². The molecule has 0 radical (unpaired) electrons. The average molecular weight is 241 g/mol. The molecule has 1 fully saturated rings. The molecule has 18 heavy (non-hydrogen) atoms. The Balaban J connectivity index is 1.82. The molecule has 1 unspecified atom stereocenters. The van der Waals surface area contributed by atoms with Crippen molar-refractivity contribution in [1.29, 1.82) is 0 Å². The molecular formula is C15H19N3. The molecule has 0 amide bonds. The summed E-state index contributed by atoms with van der Waals surface area (Å²) >= 11 is 0. The van der Waals surface area contributed by atoms with E-state index in [0.717, 1.165) is 18.6 Å². The molecule has 1 aromatic carbocycles. The van der Waals surface area contributed by atoms with Crippen LogP contribution in [0.1, 0.15) is 18.4 Å². The summed E-state index contributed by atoms with van der Waals surface area (Å²) in [5, 5.41) is 1.22. The van der Waals surface area contributed by atoms with Crippen LogP contribution in [0.3, 0.4) is 0 Å². The Hall–Kier alpha value is -1.45. The second-order valence-corrected chi connectivity index (χ2v) is 5.03. The van der Waals surface area contributed by atoms with E-state index in [1.54, 1.807) is 0 Å². The standard InChI is InChI=1S/C15H19N3/c16-10-14-4-2-8-18(14)11-12-5-6-15-13(9-12)3-1-7-17-15/h1,3,5-7,9,14H,2,4,8,10-11,16H2. The molecule has 1 saturated heterocycles. The minimum atomic E-state index is 0.564. The maximum absolute atomic E-state index is 5.82. The zero-order valence-electron chi connectivity index (χ0n) is 10.5. The van der Waals surface area contributed by atoms with Crippen molar-refractivity contribution in [1.82, 2.24) is 9.88 Å². The Morgan fingerprint density at radius 1 is 1.33 bits per heavy atom. The molecule has 0 saturated carbocycles. The van der Waals surface area contributed by atoms with Crippen molar-refractivity contribution in [2.45, 2.75) is 25.4 Å². The largest absolute Gasteiger partial charge is 0.329 e. The fourth-order valence-corrected chi connectivity index (χ4v) is 2.83. The van der Waals surface area contributed by atoms with Crippen LogP contribution in [0.4, 0.5) is 0 Å². The summed E-state index contributed by atoms with van der Waals surface area (Å²) in [5.41, 5.74) is 8.24. The topological polar surface area (TPSA) is 42.1 Å². The van der Waals surface area contributed by atoms with Crippen molar-refractivity contribution < 1.29 is 0 Å². The Kier molecular flexibility index (Phi) is 3.26. The monoisotopic (exact) mass is 241 g/mol. The maximum atomic E-state index is 5.82. The number of aromatic nitrogens is 1. The van der Waals surface area contributed by atoms with Gasteiger partial charge in [-0.3, -0.25) is 9.88 Å². The second kappa shape index (κ2) is 5.04. The van der Waals surface area contributed by atoms with Crippen molar-refractivity contribution in [3.05, 3.63) is 42.1 Å². The van der Waals surface area contributed by atoms with Crippen LogP contribution in [0.15, 0.2) is 36.5 Å². The van der Waals surface area contributed by atoms with E-state index in [4.69, 9.17) is 5.73 Å². The number of nitrogens with two attached hydrogens (primary N) is 1. The first-order valence-electron chi connectivity index (χ1n) is 6.64. The molecule has 0 bridgehead atoms. The van der Waals surface area contributed by atoms with Gasteiger partial charge in [-0.15, -0.1) is 0 Å². The highest BCUT2D eigenvalue weighted by molar-refractivity contribution is 5.78. The molecule has 2 N–H and O–H groups in total. The van der Waals surface area contributed by atoms with Gasteiger partial charge in [0.2, 0.25) is 0 Å². The summed E-state index contributed by atoms with van der Waals surface area (Å²) < 4.78 is 0. The SMILES string of the molecule is NCC1CCCN1Cc1ccc2ncccc2c1. The lowest BCUT2D eigenvalue weighted by Gasteiger charge is -2.23. The van der Waals surface area contributed by atoms with Crippen molar-refractivity contribution in [3.8, 4) is 0 Å². The lowest BCUT2D eigenvalue weighted by atomic mass is 10.1. The van der Waals surface area contributed by atoms with E-state index in [0.29, 0.717) is 6.04 Å². The van der Waals surface area contributed by atoms with Gasteiger partial charge < -0.3 is 5.73 Å². The van der Waals surface area contributed by atoms with E-state index < -0.39 is 0 Å². The van der Waals surface area contributed by atoms with Crippen molar-refractivity contribution in [2.75, 3.05) is 13.1 Å². The number of nitrogens with zero attached hydrogens (tertiary/aromatic N) is 2. The molecule has 94 valence electrons. The van der Waals surface area contributed by atoms with Gasteiger partial charge in [0.05, 0.1) is 5.52 Å². The number of hydrogen-bond acceptors (Lipinski definition) is 3. The zero-order valence-corrected chi connectivity index (χ0v) is 10.5. The van der Waals surface area contributed by atoms with Gasteiger partial charge >= 0.3 is 0 Å². The smallest absolute Gasteiger partial charge is 0.0702 e. The van der Waals surface area contributed by atoms with Gasteiger partial charge in [0, 0.05) is 30.7 Å². The van der Waals surface area contributed by atoms with Crippen LogP contribution in [0.25, 0.3) is 10.9 Å². The van der Waals surface area contributed by atoms with E-state index in [1.807, 2.05) is 12.3 Å². The van der Waals surface area contributed by atoms with Crippen LogP contribution < -0.4 is 5.73 Å². The minimum absolute atomic E-state index is 0.564. The summed E-state index contributed by atoms with van der Waals surface area (Å²) in [7, 11) is 0. The molecule has 2 heterocycles. The number of likely N-dealkylation sites (tertiary alicyclic amines) is 1. The lowest BCUT2D eigenvalue weighted by molar-refractivity contribution is 0.250. The summed E-state index contributed by atoms with van der Waals surface area (Å²) in [6, 6.07) is 11.2. The highest BCUT2D eigenvalue weighted by atomic mass is 15.2. The summed E-state index contributed by atoms with van der Waals surface area (Å²) in [4.78, 5) is 6.85. The second-order valence-electron chi connectivity index (χ2n) is 5.03. The van der Waals surface area contributed by atoms with E-state index in [2.05, 4.69) is 34.1 Å². The number of hydrogen-bond donors (Lipinski definition) is 1. The number of fused-ring (bicyclic) bond motifs is 1. The van der Waals surface area contributed by atoms with Crippen LogP contribution in [0.5, 0.6) is 0 Å². The predicted octanol–water partition coefficient (Wildman–Crippen LogP) is 2.16. The van der Waals surface area contributed by atoms with Gasteiger partial charge in [0.1, 0.15) is 0 Å². The van der Waals surface area contributed by atoms with E-state index in [1.165, 1.54) is 30.3 Å². The fraction of sp³-hybridized carbons (Fsp3) is 0.400. The fourth-order valence-electron chi connectivity index (χ4n) is 2.83. The molecule has 2 aromatic rings. The van der Waals surface area contributed by atoms with E-state index in [9.17, 15) is 0 Å². The Morgan fingerprint density at radius 3 is 3.17 bits per heavy atom. The van der Waals surface area contributed by atoms with Crippen molar-refractivity contribution in [3.63, 3.8) is 0 Å². The molecule has 1 aromatic heterocycles. The summed E-state index contributed by atoms with van der Waals surface area (Å²) in [6.07, 6.45) is 4.36. The van der Waals surface area contributed by atoms with Crippen LogP contribution >= 0.6 is 0 Å². The third-order valence-corrected chi connectivity index (χ3v) is 3.82. The minimum Gasteiger partial charge on any atom is -0.329 e. The first-order valence-corrected chi connectivity index (χ1v) is 6.64. The zero-order chi connectivity index (χ0) is 12.4. The first kappa shape index (κ1) is 11.6. The van der Waals surface area contributed by atoms with Gasteiger partial charge in [-0.05, 0) is 43.1 Å². The van der Waals surface area contributed by atoms with Crippen LogP contribution in [-0.4, -0.2) is 29.0 Å². The predicted molar refractivity (Wildman–Crippen MR) is 74.2 cm³/mol. The normalized spacial score (nSPS) is 20.6. The highest BCUT2D eigenvalue weighted by Crippen LogP contribution is 2.21. The Bertz CT molecular complexity index is 538. The molecule has 1 aliphatic heterocycles. The lowest BCUT2D eigenvalue weighted by Crippen LogP contribution is -2.34. The highest BCUT2D eigenvalue weighted by Gasteiger charge is 2.22. The Labute approximate surface area is 108 Å². The molecule has 0 spiro atoms. The first-order chi connectivity index (χ1) is 8.86. The van der Waals surface area contributed by atoms with Gasteiger partial charge in [0.25, 0.3) is 0 Å². The van der Waals surface area contributed by atoms with Crippen LogP contribution in [-0.2, 0) is 6.54 Å². The van der Waals surface area contributed by atoms with Crippen molar-refractivity contribution >= 4 is 10.9 Å². The summed E-state index contributed by atoms with van der Waals surface area (Å²) in [5.74, 6) is 0. The van der Waals surface area contributed by atoms with Crippen molar-refractivity contribution in [2.24, 2.45) is 5.73 Å². The number of rotatable bonds is 3. The molecule has 1 aliphatic rings. The third-order valence-electron chi connectivity index (χ3n) is 3.82. The Morgan fingerprint density at radius 2 is 2.28 bits per heavy atom. The third kappa shape index (κ3) is 2.24. The molecule has 3 rings (SSSR count). The maximum Gasteiger partial charge on any atom is 0.0702 e. The number of pyridine rings is 1. The number of benzene rings is 1. The quantitative estimate of drug-likeness (QED) is 0.895. The average Bonchev–Trinajstić information content (AvgIpc) is 2.86. The molecule has 3 heteroatoms. The van der Waals surface area contributed by atoms with E-state index >= 15 is 0 Å². The van der Waals surface area contributed by atoms with Crippen LogP contribution in [0, 0.1) is 0 Å².